The van der Waals surface area contributed by atoms with Gasteiger partial charge in [-0.2, -0.15) is 5.26 Å². The molecule has 0 unspecified atom stereocenters. The molecule has 0 aliphatic heterocycles. The molecule has 7 nitrogen and oxygen atoms in total. The van der Waals surface area contributed by atoms with Crippen molar-refractivity contribution in [1.29, 1.82) is 5.26 Å². The third-order valence-corrected chi connectivity index (χ3v) is 4.38. The lowest BCUT2D eigenvalue weighted by Gasteiger charge is -2.15. The number of rotatable bonds is 7. The van der Waals surface area contributed by atoms with E-state index in [2.05, 4.69) is 0 Å². The summed E-state index contributed by atoms with van der Waals surface area (Å²) in [5, 5.41) is 20.3. The normalized spacial score (nSPS) is 10.5. The topological polar surface area (TPSA) is 102 Å². The molecule has 1 aromatic heterocycles. The number of carbonyl (C=O) groups is 1. The van der Waals surface area contributed by atoms with E-state index in [0.717, 1.165) is 4.57 Å². The largest absolute Gasteiger partial charge is 0.494 e. The minimum absolute atomic E-state index is 0.0136. The second-order valence-corrected chi connectivity index (χ2v) is 6.39. The third kappa shape index (κ3) is 4.42. The number of nitrogens with zero attached hydrogens (tertiary/aromatic N) is 2. The molecule has 1 N–H and O–H groups in total. The van der Waals surface area contributed by atoms with E-state index in [0.29, 0.717) is 5.02 Å². The zero-order valence-electron chi connectivity index (χ0n) is 14.6. The Morgan fingerprint density at radius 3 is 2.67 bits per heavy atom. The van der Waals surface area contributed by atoms with Gasteiger partial charge in [-0.05, 0) is 30.7 Å². The molecule has 0 saturated heterocycles. The van der Waals surface area contributed by atoms with Gasteiger partial charge >= 0.3 is 0 Å². The summed E-state index contributed by atoms with van der Waals surface area (Å²) in [4.78, 5) is 25.0. The number of ether oxygens (including phenoxy) is 2. The fourth-order valence-electron chi connectivity index (χ4n) is 2.48. The number of hydrogen-bond donors (Lipinski definition) is 1. The van der Waals surface area contributed by atoms with Crippen LogP contribution < -0.4 is 10.3 Å². The summed E-state index contributed by atoms with van der Waals surface area (Å²) in [6.07, 6.45) is 0. The van der Waals surface area contributed by atoms with Gasteiger partial charge in [-0.3, -0.25) is 14.2 Å². The van der Waals surface area contributed by atoms with Gasteiger partial charge in [-0.1, -0.05) is 23.2 Å². The number of hydrogen-bond acceptors (Lipinski definition) is 6. The molecule has 0 amide bonds. The van der Waals surface area contributed by atoms with Crippen LogP contribution in [-0.2, 0) is 11.3 Å². The number of nitriles is 1. The van der Waals surface area contributed by atoms with Crippen LogP contribution >= 0.6 is 23.2 Å². The molecule has 2 rings (SSSR count). The van der Waals surface area contributed by atoms with Crippen LogP contribution in [0.15, 0.2) is 23.0 Å². The highest BCUT2D eigenvalue weighted by Gasteiger charge is 2.24. The summed E-state index contributed by atoms with van der Waals surface area (Å²) >= 11 is 11.8. The van der Waals surface area contributed by atoms with Gasteiger partial charge < -0.3 is 14.6 Å². The Kier molecular flexibility index (Phi) is 6.86. The molecule has 0 atom stereocenters. The lowest BCUT2D eigenvalue weighted by molar-refractivity contribution is 0.0915. The lowest BCUT2D eigenvalue weighted by Crippen LogP contribution is -2.29. The maximum absolute atomic E-state index is 12.6. The zero-order chi connectivity index (χ0) is 20.1. The average molecular weight is 411 g/mol. The molecule has 0 saturated carbocycles. The van der Waals surface area contributed by atoms with E-state index < -0.39 is 23.8 Å². The van der Waals surface area contributed by atoms with E-state index in [1.807, 2.05) is 0 Å². The van der Waals surface area contributed by atoms with Gasteiger partial charge in [0.1, 0.15) is 17.4 Å². The van der Waals surface area contributed by atoms with Crippen molar-refractivity contribution in [3.63, 3.8) is 0 Å². The van der Waals surface area contributed by atoms with Gasteiger partial charge in [-0.25, -0.2) is 0 Å². The maximum Gasteiger partial charge on any atom is 0.271 e. The van der Waals surface area contributed by atoms with Crippen LogP contribution in [0.1, 0.15) is 21.5 Å². The number of ketones is 1. The van der Waals surface area contributed by atoms with Crippen molar-refractivity contribution in [2.24, 2.45) is 0 Å². The number of Topliss-reactive ketones (excluding diaryl/α,β-unsaturated/α-hetero) is 1. The predicted molar refractivity (Wildman–Crippen MR) is 100.0 cm³/mol. The first kappa shape index (κ1) is 20.8. The first-order valence-electron chi connectivity index (χ1n) is 7.78. The number of pyridine rings is 1. The van der Waals surface area contributed by atoms with Crippen LogP contribution in [0.4, 0.5) is 0 Å². The highest BCUT2D eigenvalue weighted by atomic mass is 35.5. The molecule has 0 spiro atoms. The average Bonchev–Trinajstić information content (AvgIpc) is 2.61. The van der Waals surface area contributed by atoms with E-state index >= 15 is 0 Å². The molecular weight excluding hydrogens is 395 g/mol. The van der Waals surface area contributed by atoms with Gasteiger partial charge in [0, 0.05) is 12.1 Å². The summed E-state index contributed by atoms with van der Waals surface area (Å²) in [6.45, 7) is 1.07. The van der Waals surface area contributed by atoms with Crippen molar-refractivity contribution in [3.05, 3.63) is 55.3 Å². The van der Waals surface area contributed by atoms with Crippen molar-refractivity contribution in [2.75, 3.05) is 20.3 Å². The van der Waals surface area contributed by atoms with Crippen molar-refractivity contribution in [1.82, 2.24) is 4.57 Å². The summed E-state index contributed by atoms with van der Waals surface area (Å²) in [5.74, 6) is -0.914. The predicted octanol–water partition coefficient (Wildman–Crippen LogP) is 2.95. The van der Waals surface area contributed by atoms with E-state index in [1.165, 1.54) is 26.2 Å². The first-order chi connectivity index (χ1) is 12.8. The monoisotopic (exact) mass is 410 g/mol. The molecule has 2 aromatic rings. The Morgan fingerprint density at radius 2 is 2.07 bits per heavy atom. The van der Waals surface area contributed by atoms with Crippen LogP contribution in [0.5, 0.6) is 11.6 Å². The Hall–Kier alpha value is -2.53. The summed E-state index contributed by atoms with van der Waals surface area (Å²) in [6, 6.07) is 6.30. The Balaban J connectivity index is 2.39. The van der Waals surface area contributed by atoms with Crippen LogP contribution in [0, 0.1) is 18.3 Å². The number of carbonyl (C=O) groups excluding carboxylic acids is 1. The molecule has 142 valence electrons. The highest BCUT2D eigenvalue weighted by Crippen LogP contribution is 2.28. The fraction of sp³-hybridized carbons (Fsp3) is 0.278. The van der Waals surface area contributed by atoms with Gasteiger partial charge in [-0.15, -0.1) is 0 Å². The number of aromatic nitrogens is 1. The zero-order valence-corrected chi connectivity index (χ0v) is 16.1. The van der Waals surface area contributed by atoms with Crippen LogP contribution in [0.25, 0.3) is 0 Å². The van der Waals surface area contributed by atoms with Crippen molar-refractivity contribution in [3.8, 4) is 17.7 Å². The molecule has 27 heavy (non-hydrogen) atoms. The van der Waals surface area contributed by atoms with Crippen molar-refractivity contribution in [2.45, 2.75) is 13.5 Å². The first-order valence-corrected chi connectivity index (χ1v) is 8.53. The van der Waals surface area contributed by atoms with Gasteiger partial charge in [0.15, 0.2) is 6.61 Å². The van der Waals surface area contributed by atoms with Crippen LogP contribution in [0.2, 0.25) is 10.0 Å². The minimum atomic E-state index is -0.692. The quantitative estimate of drug-likeness (QED) is 0.703. The standard InChI is InChI=1S/C18H16Cl2N2O5/c1-10-12(8-21)17(24)22(5-6-26-2)18(25)16(10)14(23)9-27-15-4-3-11(19)7-13(15)20/h3-4,7,25H,5-6,9H2,1-2H3. The summed E-state index contributed by atoms with van der Waals surface area (Å²) < 4.78 is 11.2. The Bertz CT molecular complexity index is 979. The lowest BCUT2D eigenvalue weighted by atomic mass is 10.0. The molecular formula is C18H16Cl2N2O5. The fourth-order valence-corrected chi connectivity index (χ4v) is 2.95. The van der Waals surface area contributed by atoms with E-state index in [9.17, 15) is 20.0 Å². The summed E-state index contributed by atoms with van der Waals surface area (Å²) in [5.41, 5.74) is -0.989. The minimum Gasteiger partial charge on any atom is -0.494 e. The van der Waals surface area contributed by atoms with Crippen molar-refractivity contribution >= 4 is 29.0 Å². The van der Waals surface area contributed by atoms with Crippen molar-refractivity contribution < 1.29 is 19.4 Å². The second-order valence-electron chi connectivity index (χ2n) is 5.55. The van der Waals surface area contributed by atoms with E-state index in [-0.39, 0.29) is 40.6 Å². The maximum atomic E-state index is 12.6. The van der Waals surface area contributed by atoms with Gasteiger partial charge in [0.2, 0.25) is 11.7 Å². The van der Waals surface area contributed by atoms with Gasteiger partial charge in [0.05, 0.1) is 23.7 Å². The highest BCUT2D eigenvalue weighted by molar-refractivity contribution is 6.35. The Labute approximate surface area is 165 Å². The molecule has 0 bridgehead atoms. The number of halogens is 2. The molecule has 1 aromatic carbocycles. The van der Waals surface area contributed by atoms with E-state index in [4.69, 9.17) is 32.7 Å². The van der Waals surface area contributed by atoms with Crippen LogP contribution in [-0.4, -0.2) is 35.8 Å². The molecule has 1 heterocycles. The molecule has 0 aliphatic rings. The second kappa shape index (κ2) is 8.91. The van der Waals surface area contributed by atoms with Crippen LogP contribution in [0.3, 0.4) is 0 Å². The number of aromatic hydroxyl groups is 1. The molecule has 9 heteroatoms. The Morgan fingerprint density at radius 1 is 1.37 bits per heavy atom. The molecule has 0 aliphatic carbocycles. The van der Waals surface area contributed by atoms with Gasteiger partial charge in [0.25, 0.3) is 5.56 Å². The SMILES string of the molecule is COCCn1c(O)c(C(=O)COc2ccc(Cl)cc2Cl)c(C)c(C#N)c1=O. The van der Waals surface area contributed by atoms with E-state index in [1.54, 1.807) is 12.1 Å². The smallest absolute Gasteiger partial charge is 0.271 e. The number of benzene rings is 1. The summed E-state index contributed by atoms with van der Waals surface area (Å²) in [7, 11) is 1.43. The number of methoxy groups -OCH3 is 1. The third-order valence-electron chi connectivity index (χ3n) is 3.85. The molecule has 0 fully saturated rings. The molecule has 0 radical (unpaired) electrons.